The predicted molar refractivity (Wildman–Crippen MR) is 112 cm³/mol. The van der Waals surface area contributed by atoms with Gasteiger partial charge < -0.3 is 10.6 Å². The molecule has 0 saturated carbocycles. The second kappa shape index (κ2) is 7.94. The van der Waals surface area contributed by atoms with Gasteiger partial charge in [0.2, 0.25) is 11.8 Å². The zero-order chi connectivity index (χ0) is 19.5. The average Bonchev–Trinajstić information content (AvgIpc) is 3.15. The summed E-state index contributed by atoms with van der Waals surface area (Å²) in [6.07, 6.45) is 1.48. The van der Waals surface area contributed by atoms with E-state index in [-0.39, 0.29) is 17.7 Å². The van der Waals surface area contributed by atoms with E-state index in [0.29, 0.717) is 24.4 Å². The predicted octanol–water partition coefficient (Wildman–Crippen LogP) is 4.65. The molecule has 1 atom stereocenters. The molecule has 4 rings (SSSR count). The van der Waals surface area contributed by atoms with Gasteiger partial charge in [0, 0.05) is 29.0 Å². The molecule has 6 heteroatoms. The molecule has 1 aliphatic rings. The summed E-state index contributed by atoms with van der Waals surface area (Å²) in [7, 11) is 0. The summed E-state index contributed by atoms with van der Waals surface area (Å²) in [4.78, 5) is 29.1. The molecule has 1 aliphatic heterocycles. The number of carbonyl (C=O) groups excluding carboxylic acids is 2. The van der Waals surface area contributed by atoms with Crippen molar-refractivity contribution >= 4 is 34.0 Å². The second-order valence-corrected chi connectivity index (χ2v) is 7.90. The third-order valence-corrected chi connectivity index (χ3v) is 5.69. The van der Waals surface area contributed by atoms with Crippen molar-refractivity contribution in [1.29, 1.82) is 0 Å². The van der Waals surface area contributed by atoms with Crippen LogP contribution in [0.3, 0.4) is 0 Å². The molecule has 28 heavy (non-hydrogen) atoms. The first-order valence-corrected chi connectivity index (χ1v) is 10.2. The maximum absolute atomic E-state index is 12.3. The molecule has 142 valence electrons. The largest absolute Gasteiger partial charge is 0.326 e. The smallest absolute Gasteiger partial charge is 0.227 e. The number of aryl methyl sites for hydroxylation is 1. The Bertz CT molecular complexity index is 1010. The van der Waals surface area contributed by atoms with Crippen LogP contribution in [-0.2, 0) is 16.0 Å². The fraction of sp³-hybridized carbons (Fsp3) is 0.227. The van der Waals surface area contributed by atoms with Crippen molar-refractivity contribution in [1.82, 2.24) is 4.98 Å². The van der Waals surface area contributed by atoms with Crippen LogP contribution in [0.4, 0.5) is 10.8 Å². The van der Waals surface area contributed by atoms with Crippen LogP contribution >= 0.6 is 11.3 Å². The van der Waals surface area contributed by atoms with Gasteiger partial charge in [0.05, 0.1) is 5.69 Å². The molecule has 2 N–H and O–H groups in total. The van der Waals surface area contributed by atoms with Crippen LogP contribution in [0.1, 0.15) is 24.0 Å². The lowest BCUT2D eigenvalue weighted by molar-refractivity contribution is -0.121. The average molecular weight is 391 g/mol. The number of amides is 2. The Morgan fingerprint density at radius 3 is 2.82 bits per heavy atom. The van der Waals surface area contributed by atoms with Crippen LogP contribution in [0.5, 0.6) is 0 Å². The molecule has 3 aromatic rings. The molecular weight excluding hydrogens is 370 g/mol. The van der Waals surface area contributed by atoms with E-state index in [0.717, 1.165) is 22.5 Å². The van der Waals surface area contributed by atoms with E-state index in [1.165, 1.54) is 16.9 Å². The first kappa shape index (κ1) is 18.4. The molecule has 2 heterocycles. The lowest BCUT2D eigenvalue weighted by atomic mass is 9.89. The number of fused-ring (bicyclic) bond motifs is 1. The topological polar surface area (TPSA) is 71.1 Å². The van der Waals surface area contributed by atoms with Crippen LogP contribution in [0.15, 0.2) is 53.9 Å². The summed E-state index contributed by atoms with van der Waals surface area (Å²) >= 11 is 1.41. The Hall–Kier alpha value is -2.99. The standard InChI is InChI=1S/C22H21N3O2S/c1-14-6-8-15(9-7-14)19-13-28-22(24-19)25-20(26)11-10-17-12-16-4-2-3-5-18(16)23-21(17)27/h2-9,13,17H,10-12H2,1H3,(H,23,27)(H,24,25,26). The van der Waals surface area contributed by atoms with Gasteiger partial charge in [-0.15, -0.1) is 11.3 Å². The van der Waals surface area contributed by atoms with Gasteiger partial charge in [-0.05, 0) is 31.4 Å². The van der Waals surface area contributed by atoms with Crippen LogP contribution in [-0.4, -0.2) is 16.8 Å². The normalized spacial score (nSPS) is 15.6. The van der Waals surface area contributed by atoms with E-state index in [4.69, 9.17) is 0 Å². The van der Waals surface area contributed by atoms with Gasteiger partial charge in [0.15, 0.2) is 5.13 Å². The van der Waals surface area contributed by atoms with Crippen molar-refractivity contribution in [2.24, 2.45) is 5.92 Å². The van der Waals surface area contributed by atoms with E-state index in [1.807, 2.05) is 60.8 Å². The number of thiazole rings is 1. The van der Waals surface area contributed by atoms with Crippen molar-refractivity contribution in [3.8, 4) is 11.3 Å². The highest BCUT2D eigenvalue weighted by Gasteiger charge is 2.26. The summed E-state index contributed by atoms with van der Waals surface area (Å²) < 4.78 is 0. The van der Waals surface area contributed by atoms with Gasteiger partial charge in [-0.1, -0.05) is 48.0 Å². The molecule has 0 spiro atoms. The van der Waals surface area contributed by atoms with Crippen molar-refractivity contribution < 1.29 is 9.59 Å². The molecular formula is C22H21N3O2S. The fourth-order valence-electron chi connectivity index (χ4n) is 3.32. The molecule has 0 radical (unpaired) electrons. The van der Waals surface area contributed by atoms with Crippen LogP contribution in [0, 0.1) is 12.8 Å². The maximum atomic E-state index is 12.3. The Labute approximate surface area is 167 Å². The second-order valence-electron chi connectivity index (χ2n) is 7.04. The minimum absolute atomic E-state index is 0.0117. The van der Waals surface area contributed by atoms with E-state index >= 15 is 0 Å². The van der Waals surface area contributed by atoms with Crippen molar-refractivity contribution in [2.75, 3.05) is 10.6 Å². The van der Waals surface area contributed by atoms with E-state index in [1.54, 1.807) is 0 Å². The van der Waals surface area contributed by atoms with Gasteiger partial charge in [0.25, 0.3) is 0 Å². The minimum atomic E-state index is -0.180. The van der Waals surface area contributed by atoms with Gasteiger partial charge in [-0.25, -0.2) is 4.98 Å². The van der Waals surface area contributed by atoms with E-state index in [2.05, 4.69) is 15.6 Å². The SMILES string of the molecule is Cc1ccc(-c2csc(NC(=O)CCC3Cc4ccccc4NC3=O)n2)cc1. The van der Waals surface area contributed by atoms with Crippen molar-refractivity contribution in [3.63, 3.8) is 0 Å². The van der Waals surface area contributed by atoms with Gasteiger partial charge in [-0.3, -0.25) is 9.59 Å². The molecule has 5 nitrogen and oxygen atoms in total. The Morgan fingerprint density at radius 1 is 1.21 bits per heavy atom. The number of benzene rings is 2. The number of rotatable bonds is 5. The Kier molecular flexibility index (Phi) is 5.21. The van der Waals surface area contributed by atoms with Gasteiger partial charge in [0.1, 0.15) is 0 Å². The summed E-state index contributed by atoms with van der Waals surface area (Å²) in [6, 6.07) is 15.9. The van der Waals surface area contributed by atoms with E-state index < -0.39 is 0 Å². The monoisotopic (exact) mass is 391 g/mol. The highest BCUT2D eigenvalue weighted by Crippen LogP contribution is 2.28. The van der Waals surface area contributed by atoms with Crippen LogP contribution in [0.2, 0.25) is 0 Å². The number of hydrogen-bond donors (Lipinski definition) is 2. The first-order valence-electron chi connectivity index (χ1n) is 9.29. The number of carbonyl (C=O) groups is 2. The number of anilines is 2. The van der Waals surface area contributed by atoms with Gasteiger partial charge in [-0.2, -0.15) is 0 Å². The highest BCUT2D eigenvalue weighted by atomic mass is 32.1. The molecule has 2 aromatic carbocycles. The van der Waals surface area contributed by atoms with E-state index in [9.17, 15) is 9.59 Å². The molecule has 0 bridgehead atoms. The Balaban J connectivity index is 1.33. The molecule has 1 aromatic heterocycles. The zero-order valence-corrected chi connectivity index (χ0v) is 16.4. The number of nitrogens with one attached hydrogen (secondary N) is 2. The molecule has 1 unspecified atom stereocenters. The van der Waals surface area contributed by atoms with Crippen LogP contribution in [0.25, 0.3) is 11.3 Å². The highest BCUT2D eigenvalue weighted by molar-refractivity contribution is 7.14. The number of nitrogens with zero attached hydrogens (tertiary/aromatic N) is 1. The van der Waals surface area contributed by atoms with Crippen LogP contribution < -0.4 is 10.6 Å². The van der Waals surface area contributed by atoms with Crippen molar-refractivity contribution in [2.45, 2.75) is 26.2 Å². The zero-order valence-electron chi connectivity index (χ0n) is 15.6. The summed E-state index contributed by atoms with van der Waals surface area (Å²) in [5, 5.41) is 8.30. The molecule has 2 amide bonds. The number of hydrogen-bond acceptors (Lipinski definition) is 4. The maximum Gasteiger partial charge on any atom is 0.227 e. The lowest BCUT2D eigenvalue weighted by Crippen LogP contribution is -2.30. The minimum Gasteiger partial charge on any atom is -0.326 e. The third-order valence-electron chi connectivity index (χ3n) is 4.93. The molecule has 0 saturated heterocycles. The number of aromatic nitrogens is 1. The van der Waals surface area contributed by atoms with Gasteiger partial charge >= 0.3 is 0 Å². The lowest BCUT2D eigenvalue weighted by Gasteiger charge is -2.24. The third kappa shape index (κ3) is 4.12. The quantitative estimate of drug-likeness (QED) is 0.665. The summed E-state index contributed by atoms with van der Waals surface area (Å²) in [5.41, 5.74) is 5.07. The van der Waals surface area contributed by atoms with Crippen molar-refractivity contribution in [3.05, 3.63) is 65.0 Å². The molecule has 0 fully saturated rings. The molecule has 0 aliphatic carbocycles. The summed E-state index contributed by atoms with van der Waals surface area (Å²) in [6.45, 7) is 2.04. The first-order chi connectivity index (χ1) is 13.6. The number of para-hydroxylation sites is 1. The summed E-state index contributed by atoms with van der Waals surface area (Å²) in [5.74, 6) is -0.307. The fourth-order valence-corrected chi connectivity index (χ4v) is 4.06. The Morgan fingerprint density at radius 2 is 2.00 bits per heavy atom.